The molecule has 2 amide bonds. The summed E-state index contributed by atoms with van der Waals surface area (Å²) in [4.78, 5) is 15.9. The molecule has 0 saturated carbocycles. The van der Waals surface area contributed by atoms with Gasteiger partial charge in [0.15, 0.2) is 9.84 Å². The molecule has 2 fully saturated rings. The van der Waals surface area contributed by atoms with Crippen LogP contribution in [0.2, 0.25) is 0 Å². The highest BCUT2D eigenvalue weighted by Gasteiger charge is 2.49. The van der Waals surface area contributed by atoms with E-state index in [0.717, 1.165) is 24.5 Å². The van der Waals surface area contributed by atoms with Gasteiger partial charge in [0.05, 0.1) is 23.6 Å². The van der Waals surface area contributed by atoms with Crippen LogP contribution in [-0.4, -0.2) is 51.1 Å². The number of hydrogen-bond donors (Lipinski definition) is 1. The number of hydrogen-bond acceptors (Lipinski definition) is 4. The summed E-state index contributed by atoms with van der Waals surface area (Å²) in [6.07, 6.45) is 0. The molecule has 7 heteroatoms. The van der Waals surface area contributed by atoms with Crippen molar-refractivity contribution in [1.82, 2.24) is 5.32 Å². The first kappa shape index (κ1) is 15.1. The van der Waals surface area contributed by atoms with Gasteiger partial charge < -0.3 is 10.2 Å². The SMILES string of the molecule is CCN(CC)c1ccc(N2C(=O)N[C@H]3CS(=O)(=O)C[C@@H]32)cc1. The fourth-order valence-electron chi connectivity index (χ4n) is 3.32. The second kappa shape index (κ2) is 5.46. The molecule has 2 aliphatic rings. The molecule has 0 radical (unpaired) electrons. The van der Waals surface area contributed by atoms with Crippen molar-refractivity contribution in [3.05, 3.63) is 24.3 Å². The number of anilines is 2. The Hall–Kier alpha value is -1.76. The lowest BCUT2D eigenvalue weighted by atomic mass is 10.1. The van der Waals surface area contributed by atoms with Crippen LogP contribution in [0.5, 0.6) is 0 Å². The predicted molar refractivity (Wildman–Crippen MR) is 87.2 cm³/mol. The van der Waals surface area contributed by atoms with Gasteiger partial charge in [-0.3, -0.25) is 4.90 Å². The lowest BCUT2D eigenvalue weighted by Crippen LogP contribution is -2.36. The minimum absolute atomic E-state index is 0.0359. The molecular formula is C15H21N3O3S. The lowest BCUT2D eigenvalue weighted by Gasteiger charge is -2.24. The van der Waals surface area contributed by atoms with E-state index < -0.39 is 9.84 Å². The summed E-state index contributed by atoms with van der Waals surface area (Å²) >= 11 is 0. The molecule has 2 saturated heterocycles. The van der Waals surface area contributed by atoms with E-state index in [4.69, 9.17) is 0 Å². The smallest absolute Gasteiger partial charge is 0.322 e. The zero-order valence-electron chi connectivity index (χ0n) is 12.8. The van der Waals surface area contributed by atoms with E-state index in [1.807, 2.05) is 24.3 Å². The van der Waals surface area contributed by atoms with Gasteiger partial charge in [0.2, 0.25) is 0 Å². The maximum atomic E-state index is 12.1. The van der Waals surface area contributed by atoms with E-state index in [0.29, 0.717) is 0 Å². The molecule has 120 valence electrons. The predicted octanol–water partition coefficient (Wildman–Crippen LogP) is 1.23. The van der Waals surface area contributed by atoms with Crippen molar-refractivity contribution in [1.29, 1.82) is 0 Å². The van der Waals surface area contributed by atoms with Gasteiger partial charge >= 0.3 is 6.03 Å². The number of nitrogens with zero attached hydrogens (tertiary/aromatic N) is 2. The third-order valence-corrected chi connectivity index (χ3v) is 6.15. The quantitative estimate of drug-likeness (QED) is 0.846. The van der Waals surface area contributed by atoms with E-state index in [1.165, 1.54) is 0 Å². The first-order chi connectivity index (χ1) is 10.4. The highest BCUT2D eigenvalue weighted by molar-refractivity contribution is 7.91. The molecule has 2 aliphatic heterocycles. The number of fused-ring (bicyclic) bond motifs is 1. The Morgan fingerprint density at radius 3 is 2.41 bits per heavy atom. The van der Waals surface area contributed by atoms with Crippen molar-refractivity contribution < 1.29 is 13.2 Å². The minimum atomic E-state index is -3.06. The van der Waals surface area contributed by atoms with E-state index in [2.05, 4.69) is 24.1 Å². The van der Waals surface area contributed by atoms with Gasteiger partial charge in [-0.2, -0.15) is 0 Å². The van der Waals surface area contributed by atoms with Crippen LogP contribution < -0.4 is 15.1 Å². The van der Waals surface area contributed by atoms with Crippen LogP contribution in [0.15, 0.2) is 24.3 Å². The van der Waals surface area contributed by atoms with Crippen molar-refractivity contribution >= 4 is 27.2 Å². The molecule has 0 aromatic heterocycles. The Morgan fingerprint density at radius 2 is 1.82 bits per heavy atom. The van der Waals surface area contributed by atoms with Crippen LogP contribution in [-0.2, 0) is 9.84 Å². The zero-order chi connectivity index (χ0) is 15.9. The second-order valence-corrected chi connectivity index (χ2v) is 7.91. The number of benzene rings is 1. The Kier molecular flexibility index (Phi) is 3.76. The molecule has 2 heterocycles. The molecule has 1 N–H and O–H groups in total. The summed E-state index contributed by atoms with van der Waals surface area (Å²) in [5.41, 5.74) is 1.85. The molecule has 1 aromatic carbocycles. The molecule has 6 nitrogen and oxygen atoms in total. The molecule has 3 rings (SSSR count). The minimum Gasteiger partial charge on any atom is -0.372 e. The Labute approximate surface area is 131 Å². The van der Waals surface area contributed by atoms with E-state index in [9.17, 15) is 13.2 Å². The van der Waals surface area contributed by atoms with Crippen LogP contribution in [0.1, 0.15) is 13.8 Å². The number of urea groups is 1. The highest BCUT2D eigenvalue weighted by Crippen LogP contribution is 2.30. The summed E-state index contributed by atoms with van der Waals surface area (Å²) in [5.74, 6) is 0.0750. The number of carbonyl (C=O) groups excluding carboxylic acids is 1. The van der Waals surface area contributed by atoms with Crippen LogP contribution >= 0.6 is 0 Å². The Balaban J connectivity index is 1.86. The molecule has 22 heavy (non-hydrogen) atoms. The van der Waals surface area contributed by atoms with Crippen molar-refractivity contribution in [3.63, 3.8) is 0 Å². The Bertz CT molecular complexity index is 668. The number of amides is 2. The maximum Gasteiger partial charge on any atom is 0.322 e. The largest absolute Gasteiger partial charge is 0.372 e. The number of rotatable bonds is 4. The van der Waals surface area contributed by atoms with Crippen molar-refractivity contribution in [2.75, 3.05) is 34.4 Å². The molecule has 1 aromatic rings. The first-order valence-corrected chi connectivity index (χ1v) is 9.42. The van der Waals surface area contributed by atoms with Crippen molar-refractivity contribution in [3.8, 4) is 0 Å². The highest BCUT2D eigenvalue weighted by atomic mass is 32.2. The van der Waals surface area contributed by atoms with Gasteiger partial charge in [-0.05, 0) is 38.1 Å². The summed E-state index contributed by atoms with van der Waals surface area (Å²) in [7, 11) is -3.06. The summed E-state index contributed by atoms with van der Waals surface area (Å²) in [5, 5.41) is 2.78. The van der Waals surface area contributed by atoms with Gasteiger partial charge in [0, 0.05) is 24.5 Å². The fourth-order valence-corrected chi connectivity index (χ4v) is 5.21. The normalized spacial score (nSPS) is 25.9. The van der Waals surface area contributed by atoms with Gasteiger partial charge in [-0.25, -0.2) is 13.2 Å². The topological polar surface area (TPSA) is 69.7 Å². The fraction of sp³-hybridized carbons (Fsp3) is 0.533. The standard InChI is InChI=1S/C15H21N3O3S/c1-3-17(4-2)11-5-7-12(8-6-11)18-14-10-22(20,21)9-13(14)16-15(18)19/h5-8,13-14H,3-4,9-10H2,1-2H3,(H,16,19)/t13-,14-/m0/s1. The first-order valence-electron chi connectivity index (χ1n) is 7.60. The second-order valence-electron chi connectivity index (χ2n) is 5.76. The van der Waals surface area contributed by atoms with Gasteiger partial charge in [0.25, 0.3) is 0 Å². The zero-order valence-corrected chi connectivity index (χ0v) is 13.6. The van der Waals surface area contributed by atoms with Gasteiger partial charge in [0.1, 0.15) is 0 Å². The third kappa shape index (κ3) is 2.54. The van der Waals surface area contributed by atoms with Crippen LogP contribution in [0, 0.1) is 0 Å². The molecule has 0 spiro atoms. The van der Waals surface area contributed by atoms with E-state index >= 15 is 0 Å². The van der Waals surface area contributed by atoms with Gasteiger partial charge in [-0.1, -0.05) is 0 Å². The Morgan fingerprint density at radius 1 is 1.18 bits per heavy atom. The van der Waals surface area contributed by atoms with E-state index in [1.54, 1.807) is 4.90 Å². The van der Waals surface area contributed by atoms with Crippen molar-refractivity contribution in [2.45, 2.75) is 25.9 Å². The van der Waals surface area contributed by atoms with E-state index in [-0.39, 0.29) is 29.6 Å². The number of nitrogens with one attached hydrogen (secondary N) is 1. The third-order valence-electron chi connectivity index (χ3n) is 4.44. The molecule has 2 atom stereocenters. The lowest BCUT2D eigenvalue weighted by molar-refractivity contribution is 0.251. The van der Waals surface area contributed by atoms with Crippen LogP contribution in [0.25, 0.3) is 0 Å². The molecular weight excluding hydrogens is 302 g/mol. The van der Waals surface area contributed by atoms with Crippen LogP contribution in [0.4, 0.5) is 16.2 Å². The van der Waals surface area contributed by atoms with Crippen molar-refractivity contribution in [2.24, 2.45) is 0 Å². The van der Waals surface area contributed by atoms with Crippen LogP contribution in [0.3, 0.4) is 0 Å². The van der Waals surface area contributed by atoms with Gasteiger partial charge in [-0.15, -0.1) is 0 Å². The average molecular weight is 323 g/mol. The molecule has 0 unspecified atom stereocenters. The average Bonchev–Trinajstić information content (AvgIpc) is 2.91. The number of sulfone groups is 1. The summed E-state index contributed by atoms with van der Waals surface area (Å²) in [6, 6.07) is 6.94. The summed E-state index contributed by atoms with van der Waals surface area (Å²) < 4.78 is 23.5. The number of carbonyl (C=O) groups is 1. The molecule has 0 bridgehead atoms. The summed E-state index contributed by atoms with van der Waals surface area (Å²) in [6.45, 7) is 6.03. The maximum absolute atomic E-state index is 12.1. The molecule has 0 aliphatic carbocycles. The monoisotopic (exact) mass is 323 g/mol.